The molecule has 16 heavy (non-hydrogen) atoms. The number of benzene rings is 1. The van der Waals surface area contributed by atoms with Crippen LogP contribution >= 0.6 is 0 Å². The predicted octanol–water partition coefficient (Wildman–Crippen LogP) is 1.74. The van der Waals surface area contributed by atoms with Crippen molar-refractivity contribution in [3.05, 3.63) is 36.2 Å². The molecule has 0 unspecified atom stereocenters. The normalized spacial score (nSPS) is 11.1. The minimum Gasteiger partial charge on any atom is -0.507 e. The number of phenolic OH excluding ortho intramolecular Hbond substituents is 1. The van der Waals surface area contributed by atoms with Crippen molar-refractivity contribution in [1.29, 1.82) is 0 Å². The van der Waals surface area contributed by atoms with Crippen LogP contribution in [0.4, 0.5) is 0 Å². The number of aromatic hydroxyl groups is 1. The van der Waals surface area contributed by atoms with Crippen LogP contribution in [0.1, 0.15) is 5.82 Å². The molecule has 0 aliphatic heterocycles. The molecular weight excluding hydrogens is 204 g/mol. The van der Waals surface area contributed by atoms with Crippen LogP contribution in [0.2, 0.25) is 0 Å². The van der Waals surface area contributed by atoms with Crippen LogP contribution in [0.15, 0.2) is 30.3 Å². The maximum Gasteiger partial charge on any atom is 0.156 e. The average Bonchev–Trinajstić information content (AvgIpc) is 2.75. The van der Waals surface area contributed by atoms with Gasteiger partial charge in [0.2, 0.25) is 0 Å². The first-order valence-corrected chi connectivity index (χ1v) is 4.95. The zero-order valence-corrected chi connectivity index (χ0v) is 8.68. The third-order valence-electron chi connectivity index (χ3n) is 2.43. The highest BCUT2D eigenvalue weighted by Crippen LogP contribution is 2.27. The molecule has 80 valence electrons. The number of aromatic nitrogens is 4. The average molecular weight is 214 g/mol. The Kier molecular flexibility index (Phi) is 1.73. The number of nitrogens with zero attached hydrogens (tertiary/aromatic N) is 3. The fraction of sp³-hybridized carbons (Fsp3) is 0.0909. The molecule has 0 atom stereocenters. The lowest BCUT2D eigenvalue weighted by Gasteiger charge is -1.98. The van der Waals surface area contributed by atoms with Crippen LogP contribution in [-0.2, 0) is 0 Å². The third-order valence-corrected chi connectivity index (χ3v) is 2.43. The first-order valence-electron chi connectivity index (χ1n) is 4.95. The highest BCUT2D eigenvalue weighted by Gasteiger charge is 2.09. The number of fused-ring (bicyclic) bond motifs is 1. The molecule has 0 spiro atoms. The van der Waals surface area contributed by atoms with Crippen molar-refractivity contribution in [3.8, 4) is 17.0 Å². The van der Waals surface area contributed by atoms with Gasteiger partial charge in [0.1, 0.15) is 17.3 Å². The van der Waals surface area contributed by atoms with E-state index in [4.69, 9.17) is 0 Å². The second-order valence-electron chi connectivity index (χ2n) is 3.63. The van der Waals surface area contributed by atoms with E-state index in [0.29, 0.717) is 11.3 Å². The van der Waals surface area contributed by atoms with Gasteiger partial charge in [0.25, 0.3) is 0 Å². The van der Waals surface area contributed by atoms with Crippen LogP contribution in [0.3, 0.4) is 0 Å². The van der Waals surface area contributed by atoms with E-state index in [1.165, 1.54) is 4.63 Å². The van der Waals surface area contributed by atoms with Gasteiger partial charge in [-0.05, 0) is 19.1 Å². The molecule has 0 bridgehead atoms. The summed E-state index contributed by atoms with van der Waals surface area (Å²) in [7, 11) is 0. The van der Waals surface area contributed by atoms with E-state index in [1.807, 2.05) is 25.1 Å². The Hall–Kier alpha value is -2.30. The fourth-order valence-corrected chi connectivity index (χ4v) is 1.71. The molecule has 3 aromatic rings. The zero-order valence-electron chi connectivity index (χ0n) is 8.68. The molecule has 2 heterocycles. The van der Waals surface area contributed by atoms with Gasteiger partial charge in [0.15, 0.2) is 5.65 Å². The molecule has 5 heteroatoms. The van der Waals surface area contributed by atoms with Gasteiger partial charge in [-0.1, -0.05) is 12.1 Å². The minimum absolute atomic E-state index is 0.222. The lowest BCUT2D eigenvalue weighted by Crippen LogP contribution is -1.88. The van der Waals surface area contributed by atoms with Gasteiger partial charge in [-0.2, -0.15) is 0 Å². The molecular formula is C11H10N4O. The fourth-order valence-electron chi connectivity index (χ4n) is 1.71. The van der Waals surface area contributed by atoms with Crippen molar-refractivity contribution in [1.82, 2.24) is 19.8 Å². The smallest absolute Gasteiger partial charge is 0.156 e. The highest BCUT2D eigenvalue weighted by molar-refractivity contribution is 5.69. The number of aromatic amines is 1. The summed E-state index contributed by atoms with van der Waals surface area (Å²) in [5, 5.41) is 18.1. The molecule has 0 fully saturated rings. The Labute approximate surface area is 91.4 Å². The van der Waals surface area contributed by atoms with E-state index in [-0.39, 0.29) is 5.75 Å². The van der Waals surface area contributed by atoms with E-state index in [2.05, 4.69) is 15.2 Å². The number of H-pyrrole nitrogens is 1. The summed E-state index contributed by atoms with van der Waals surface area (Å²) in [5.41, 5.74) is 2.23. The number of nitrogens with one attached hydrogen (secondary N) is 1. The standard InChI is InChI=1S/C11H10N4O/c1-7-12-11-6-9(14-15(11)13-7)8-4-2-3-5-10(8)16/h2-6,16H,1H3,(H,12,13). The van der Waals surface area contributed by atoms with E-state index >= 15 is 0 Å². The van der Waals surface area contributed by atoms with Crippen molar-refractivity contribution >= 4 is 5.65 Å². The molecule has 0 saturated carbocycles. The minimum atomic E-state index is 0.222. The first-order chi connectivity index (χ1) is 7.74. The van der Waals surface area contributed by atoms with Crippen molar-refractivity contribution in [2.75, 3.05) is 0 Å². The molecule has 0 aliphatic carbocycles. The number of hydrogen-bond acceptors (Lipinski definition) is 3. The number of aryl methyl sites for hydroxylation is 1. The summed E-state index contributed by atoms with van der Waals surface area (Å²) >= 11 is 0. The summed E-state index contributed by atoms with van der Waals surface area (Å²) in [6.07, 6.45) is 0. The zero-order chi connectivity index (χ0) is 11.1. The highest BCUT2D eigenvalue weighted by atomic mass is 16.3. The lowest BCUT2D eigenvalue weighted by atomic mass is 10.1. The van der Waals surface area contributed by atoms with Crippen LogP contribution in [0.25, 0.3) is 16.9 Å². The SMILES string of the molecule is Cc1nn2nc(-c3ccccc3O)cc2[nH]1. The van der Waals surface area contributed by atoms with Gasteiger partial charge in [-0.25, -0.2) is 0 Å². The second-order valence-corrected chi connectivity index (χ2v) is 3.63. The van der Waals surface area contributed by atoms with Crippen molar-refractivity contribution in [2.24, 2.45) is 0 Å². The summed E-state index contributed by atoms with van der Waals surface area (Å²) in [4.78, 5) is 3.08. The Morgan fingerprint density at radius 1 is 1.25 bits per heavy atom. The van der Waals surface area contributed by atoms with Gasteiger partial charge < -0.3 is 10.1 Å². The molecule has 2 N–H and O–H groups in total. The van der Waals surface area contributed by atoms with Gasteiger partial charge >= 0.3 is 0 Å². The number of hydrogen-bond donors (Lipinski definition) is 2. The van der Waals surface area contributed by atoms with Gasteiger partial charge in [0, 0.05) is 11.6 Å². The van der Waals surface area contributed by atoms with Crippen LogP contribution in [0.5, 0.6) is 5.75 Å². The molecule has 2 aromatic heterocycles. The summed E-state index contributed by atoms with van der Waals surface area (Å²) in [6, 6.07) is 8.96. The largest absolute Gasteiger partial charge is 0.507 e. The predicted molar refractivity (Wildman–Crippen MR) is 59.2 cm³/mol. The monoisotopic (exact) mass is 214 g/mol. The van der Waals surface area contributed by atoms with Crippen molar-refractivity contribution in [2.45, 2.75) is 6.92 Å². The molecule has 1 aromatic carbocycles. The Bertz CT molecular complexity index is 621. The van der Waals surface area contributed by atoms with E-state index in [1.54, 1.807) is 12.1 Å². The van der Waals surface area contributed by atoms with E-state index in [0.717, 1.165) is 11.5 Å². The molecule has 0 saturated heterocycles. The topological polar surface area (TPSA) is 66.2 Å². The van der Waals surface area contributed by atoms with E-state index in [9.17, 15) is 5.11 Å². The second kappa shape index (κ2) is 3.10. The molecule has 0 amide bonds. The maximum absolute atomic E-state index is 9.70. The lowest BCUT2D eigenvalue weighted by molar-refractivity contribution is 0.477. The number of phenols is 1. The molecule has 3 rings (SSSR count). The van der Waals surface area contributed by atoms with Crippen LogP contribution in [0, 0.1) is 6.92 Å². The summed E-state index contributed by atoms with van der Waals surface area (Å²) in [6.45, 7) is 1.87. The van der Waals surface area contributed by atoms with Crippen LogP contribution < -0.4 is 0 Å². The number of para-hydroxylation sites is 1. The van der Waals surface area contributed by atoms with Crippen molar-refractivity contribution in [3.63, 3.8) is 0 Å². The van der Waals surface area contributed by atoms with Crippen molar-refractivity contribution < 1.29 is 5.11 Å². The van der Waals surface area contributed by atoms with Gasteiger partial charge in [0.05, 0.1) is 0 Å². The summed E-state index contributed by atoms with van der Waals surface area (Å²) < 4.78 is 1.52. The Morgan fingerprint density at radius 3 is 2.81 bits per heavy atom. The Morgan fingerprint density at radius 2 is 2.06 bits per heavy atom. The first kappa shape index (κ1) is 8.96. The maximum atomic E-state index is 9.70. The summed E-state index contributed by atoms with van der Waals surface area (Å²) in [5.74, 6) is 1.03. The quantitative estimate of drug-likeness (QED) is 0.648. The molecule has 0 aliphatic rings. The Balaban J connectivity index is 2.19. The van der Waals surface area contributed by atoms with Crippen LogP contribution in [-0.4, -0.2) is 24.9 Å². The van der Waals surface area contributed by atoms with E-state index < -0.39 is 0 Å². The third kappa shape index (κ3) is 1.25. The van der Waals surface area contributed by atoms with Gasteiger partial charge in [-0.15, -0.1) is 14.8 Å². The number of rotatable bonds is 1. The van der Waals surface area contributed by atoms with Gasteiger partial charge in [-0.3, -0.25) is 0 Å². The molecule has 5 nitrogen and oxygen atoms in total. The molecule has 0 radical (unpaired) electrons.